The Hall–Kier alpha value is -1.41. The van der Waals surface area contributed by atoms with Gasteiger partial charge in [0.05, 0.1) is 8.66 Å². The Kier molecular flexibility index (Phi) is 5.15. The number of nitrogens with zero attached hydrogens (tertiary/aromatic N) is 1. The normalized spacial score (nSPS) is 15.5. The number of rotatable bonds is 5. The van der Waals surface area contributed by atoms with Crippen molar-refractivity contribution in [2.45, 2.75) is 51.8 Å². The molecule has 2 amide bonds. The van der Waals surface area contributed by atoms with Crippen molar-refractivity contribution in [2.75, 3.05) is 0 Å². The smallest absolute Gasteiger partial charge is 0.306 e. The fraction of sp³-hybridized carbons (Fsp3) is 0.533. The molecule has 0 aliphatic carbocycles. The fourth-order valence-electron chi connectivity index (χ4n) is 2.43. The van der Waals surface area contributed by atoms with Crippen LogP contribution in [0.25, 0.3) is 0 Å². The van der Waals surface area contributed by atoms with Crippen molar-refractivity contribution in [3.8, 4) is 0 Å². The molecule has 0 spiro atoms. The fourth-order valence-corrected chi connectivity index (χ4v) is 4.05. The zero-order valence-electron chi connectivity index (χ0n) is 13.2. The highest BCUT2D eigenvalue weighted by Gasteiger charge is 2.37. The Morgan fingerprint density at radius 2 is 2.13 bits per heavy atom. The van der Waals surface area contributed by atoms with E-state index in [4.69, 9.17) is 10.5 Å². The number of primary amides is 1. The van der Waals surface area contributed by atoms with E-state index in [1.165, 1.54) is 16.2 Å². The maximum absolute atomic E-state index is 12.4. The van der Waals surface area contributed by atoms with Gasteiger partial charge in [0.25, 0.3) is 5.91 Å². The third kappa shape index (κ3) is 4.32. The minimum atomic E-state index is -0.812. The SMILES string of the molecule is CC(C)(C)OC(=O)CCC(C(N)=O)N1Cc2cc(Br)sc2C1=O. The largest absolute Gasteiger partial charge is 0.460 e. The molecule has 0 saturated carbocycles. The van der Waals surface area contributed by atoms with Crippen molar-refractivity contribution in [1.29, 1.82) is 0 Å². The maximum atomic E-state index is 12.4. The molecule has 8 heteroatoms. The Bertz CT molecular complexity index is 650. The summed E-state index contributed by atoms with van der Waals surface area (Å²) in [6.45, 7) is 5.65. The first-order valence-corrected chi connectivity index (χ1v) is 8.80. The summed E-state index contributed by atoms with van der Waals surface area (Å²) in [5.74, 6) is -1.24. The van der Waals surface area contributed by atoms with Crippen LogP contribution in [0.1, 0.15) is 48.8 Å². The molecule has 0 aromatic carbocycles. The molecule has 126 valence electrons. The van der Waals surface area contributed by atoms with Crippen LogP contribution in [-0.2, 0) is 20.9 Å². The van der Waals surface area contributed by atoms with Crippen molar-refractivity contribution in [3.63, 3.8) is 0 Å². The minimum absolute atomic E-state index is 0.0337. The second kappa shape index (κ2) is 6.60. The van der Waals surface area contributed by atoms with E-state index in [-0.39, 0.29) is 18.7 Å². The summed E-state index contributed by atoms with van der Waals surface area (Å²) in [5.41, 5.74) is 5.72. The molecular weight excluding hydrogens is 384 g/mol. The third-order valence-electron chi connectivity index (χ3n) is 3.32. The lowest BCUT2D eigenvalue weighted by Crippen LogP contribution is -2.45. The molecule has 6 nitrogen and oxygen atoms in total. The van der Waals surface area contributed by atoms with Crippen molar-refractivity contribution in [3.05, 3.63) is 20.3 Å². The summed E-state index contributed by atoms with van der Waals surface area (Å²) in [7, 11) is 0. The Labute approximate surface area is 147 Å². The van der Waals surface area contributed by atoms with Gasteiger partial charge in [-0.3, -0.25) is 14.4 Å². The van der Waals surface area contributed by atoms with Gasteiger partial charge in [0, 0.05) is 13.0 Å². The first-order valence-electron chi connectivity index (χ1n) is 7.19. The van der Waals surface area contributed by atoms with E-state index < -0.39 is 23.5 Å². The van der Waals surface area contributed by atoms with E-state index in [0.29, 0.717) is 11.4 Å². The van der Waals surface area contributed by atoms with E-state index in [1.807, 2.05) is 6.07 Å². The van der Waals surface area contributed by atoms with Crippen molar-refractivity contribution >= 4 is 45.1 Å². The van der Waals surface area contributed by atoms with E-state index in [1.54, 1.807) is 20.8 Å². The van der Waals surface area contributed by atoms with Crippen LogP contribution >= 0.6 is 27.3 Å². The molecule has 0 bridgehead atoms. The summed E-state index contributed by atoms with van der Waals surface area (Å²) in [4.78, 5) is 38.0. The first kappa shape index (κ1) is 17.9. The number of ether oxygens (including phenoxy) is 1. The zero-order valence-corrected chi connectivity index (χ0v) is 15.6. The molecule has 2 N–H and O–H groups in total. The van der Waals surface area contributed by atoms with Gasteiger partial charge >= 0.3 is 5.97 Å². The lowest BCUT2D eigenvalue weighted by atomic mass is 10.1. The van der Waals surface area contributed by atoms with Gasteiger partial charge in [-0.2, -0.15) is 0 Å². The Balaban J connectivity index is 2.03. The van der Waals surface area contributed by atoms with Gasteiger partial charge in [0.15, 0.2) is 0 Å². The van der Waals surface area contributed by atoms with Crippen LogP contribution in [-0.4, -0.2) is 34.3 Å². The van der Waals surface area contributed by atoms with E-state index in [2.05, 4.69) is 15.9 Å². The van der Waals surface area contributed by atoms with Crippen LogP contribution in [0.15, 0.2) is 9.85 Å². The maximum Gasteiger partial charge on any atom is 0.306 e. The molecule has 0 radical (unpaired) electrons. The Morgan fingerprint density at radius 1 is 1.48 bits per heavy atom. The lowest BCUT2D eigenvalue weighted by Gasteiger charge is -2.25. The predicted molar refractivity (Wildman–Crippen MR) is 90.0 cm³/mol. The molecule has 2 rings (SSSR count). The Morgan fingerprint density at radius 3 is 2.65 bits per heavy atom. The van der Waals surface area contributed by atoms with E-state index >= 15 is 0 Å². The van der Waals surface area contributed by atoms with E-state index in [0.717, 1.165) is 9.35 Å². The number of esters is 1. The van der Waals surface area contributed by atoms with Crippen LogP contribution in [0.4, 0.5) is 0 Å². The number of amides is 2. The standard InChI is InChI=1S/C15H19BrN2O4S/c1-15(2,3)22-11(19)5-4-9(13(17)20)18-7-8-6-10(16)23-12(8)14(18)21/h6,9H,4-5,7H2,1-3H3,(H2,17,20). The van der Waals surface area contributed by atoms with Crippen molar-refractivity contribution < 1.29 is 19.1 Å². The number of hydrogen-bond acceptors (Lipinski definition) is 5. The summed E-state index contributed by atoms with van der Waals surface area (Å²) >= 11 is 4.68. The van der Waals surface area contributed by atoms with E-state index in [9.17, 15) is 14.4 Å². The average molecular weight is 403 g/mol. The van der Waals surface area contributed by atoms with Gasteiger partial charge in [-0.05, 0) is 54.8 Å². The van der Waals surface area contributed by atoms with Gasteiger partial charge in [-0.1, -0.05) is 0 Å². The highest BCUT2D eigenvalue weighted by Crippen LogP contribution is 2.35. The topological polar surface area (TPSA) is 89.7 Å². The highest BCUT2D eigenvalue weighted by molar-refractivity contribution is 9.11. The summed E-state index contributed by atoms with van der Waals surface area (Å²) in [5, 5.41) is 0. The molecule has 0 fully saturated rings. The average Bonchev–Trinajstić information content (AvgIpc) is 2.87. The van der Waals surface area contributed by atoms with Crippen molar-refractivity contribution in [2.24, 2.45) is 5.73 Å². The lowest BCUT2D eigenvalue weighted by molar-refractivity contribution is -0.155. The summed E-state index contributed by atoms with van der Waals surface area (Å²) in [6, 6.07) is 1.05. The van der Waals surface area contributed by atoms with Gasteiger partial charge in [0.1, 0.15) is 11.6 Å². The van der Waals surface area contributed by atoms with Crippen LogP contribution in [0.2, 0.25) is 0 Å². The molecule has 1 aliphatic heterocycles. The summed E-state index contributed by atoms with van der Waals surface area (Å²) < 4.78 is 6.10. The molecule has 0 saturated heterocycles. The predicted octanol–water partition coefficient (Wildman–Crippen LogP) is 2.44. The number of carbonyl (C=O) groups excluding carboxylic acids is 3. The minimum Gasteiger partial charge on any atom is -0.460 e. The van der Waals surface area contributed by atoms with Crippen LogP contribution in [0.5, 0.6) is 0 Å². The molecule has 1 aromatic rings. The number of carbonyl (C=O) groups is 3. The third-order valence-corrected chi connectivity index (χ3v) is 4.99. The first-order chi connectivity index (χ1) is 10.6. The number of thiophene rings is 1. The molecular formula is C15H19BrN2O4S. The summed E-state index contributed by atoms with van der Waals surface area (Å²) in [6.07, 6.45) is 0.193. The second-order valence-corrected chi connectivity index (χ2v) is 8.81. The number of nitrogens with two attached hydrogens (primary N) is 1. The molecule has 1 atom stereocenters. The van der Waals surface area contributed by atoms with Crippen molar-refractivity contribution in [1.82, 2.24) is 4.90 Å². The molecule has 2 heterocycles. The molecule has 1 aliphatic rings. The highest BCUT2D eigenvalue weighted by atomic mass is 79.9. The number of fused-ring (bicyclic) bond motifs is 1. The van der Waals surface area contributed by atoms with Gasteiger partial charge < -0.3 is 15.4 Å². The quantitative estimate of drug-likeness (QED) is 0.765. The van der Waals surface area contributed by atoms with Crippen LogP contribution < -0.4 is 5.73 Å². The van der Waals surface area contributed by atoms with Gasteiger partial charge in [-0.25, -0.2) is 0 Å². The van der Waals surface area contributed by atoms with Gasteiger partial charge in [0.2, 0.25) is 5.91 Å². The van der Waals surface area contributed by atoms with Crippen LogP contribution in [0, 0.1) is 0 Å². The van der Waals surface area contributed by atoms with Crippen LogP contribution in [0.3, 0.4) is 0 Å². The molecule has 1 unspecified atom stereocenters. The number of halogens is 1. The second-order valence-electron chi connectivity index (χ2n) is 6.38. The molecule has 1 aromatic heterocycles. The van der Waals surface area contributed by atoms with Gasteiger partial charge in [-0.15, -0.1) is 11.3 Å². The molecule has 23 heavy (non-hydrogen) atoms. The zero-order chi connectivity index (χ0) is 17.4. The monoisotopic (exact) mass is 402 g/mol. The number of hydrogen-bond donors (Lipinski definition) is 1.